The Labute approximate surface area is 313 Å². The predicted octanol–water partition coefficient (Wildman–Crippen LogP) is 11.4. The van der Waals surface area contributed by atoms with Crippen molar-refractivity contribution in [1.82, 2.24) is 4.98 Å². The molecule has 3 heterocycles. The molecule has 0 amide bonds. The zero-order valence-electron chi connectivity index (χ0n) is 31.4. The van der Waals surface area contributed by atoms with Gasteiger partial charge >= 0.3 is 0 Å². The van der Waals surface area contributed by atoms with Gasteiger partial charge in [0.2, 0.25) is 0 Å². The second kappa shape index (κ2) is 18.0. The first-order valence-electron chi connectivity index (χ1n) is 17.9. The molecule has 1 N–H and O–H groups in total. The first kappa shape index (κ1) is 40.7. The smallest absolute Gasteiger partial charge is 0.162 e. The van der Waals surface area contributed by atoms with Crippen molar-refractivity contribution >= 4 is 27.5 Å². The molecule has 5 rings (SSSR count). The van der Waals surface area contributed by atoms with Crippen molar-refractivity contribution in [3.63, 3.8) is 0 Å². The Hall–Kier alpha value is -3.73. The Morgan fingerprint density at radius 1 is 0.980 bits per heavy atom. The number of ketones is 1. The van der Waals surface area contributed by atoms with E-state index in [4.69, 9.17) is 9.40 Å². The van der Waals surface area contributed by atoms with E-state index in [1.54, 1.807) is 0 Å². The molecule has 0 spiro atoms. The average molecular weight is 852 g/mol. The second-order valence-electron chi connectivity index (χ2n) is 14.6. The predicted molar refractivity (Wildman–Crippen MR) is 203 cm³/mol. The number of nitrogens with zero attached hydrogens (tertiary/aromatic N) is 2. The molecule has 0 fully saturated rings. The maximum Gasteiger partial charge on any atom is 0.162 e. The summed E-state index contributed by atoms with van der Waals surface area (Å²) in [6.07, 6.45) is 11.6. The summed E-state index contributed by atoms with van der Waals surface area (Å²) in [5.41, 5.74) is 7.23. The molecular formula is C44H55IrN2O3-. The van der Waals surface area contributed by atoms with Crippen molar-refractivity contribution in [2.45, 2.75) is 99.8 Å². The van der Waals surface area contributed by atoms with Gasteiger partial charge in [0.1, 0.15) is 11.4 Å². The van der Waals surface area contributed by atoms with Crippen molar-refractivity contribution in [3.8, 4) is 22.5 Å². The molecule has 1 radical (unpaired) electrons. The molecule has 0 saturated carbocycles. The summed E-state index contributed by atoms with van der Waals surface area (Å²) in [7, 11) is 4.26. The van der Waals surface area contributed by atoms with Crippen molar-refractivity contribution in [3.05, 3.63) is 103 Å². The average Bonchev–Trinajstić information content (AvgIpc) is 3.47. The standard InChI is InChI=1S/C31H31N2O.C13H24O2.Ir/c1-20(2)15-24-19-34-30-26(24)11-13-32-29(30)22-12-14-33(6)28(18-22)23-16-21-9-7-8-10-25(21)27(17-23)31(3,4)5;1-5-10(6-2)12(14)9-13(15)11(7-3)8-4;/h7-14,17-20H,6,15H2,1-5H3;9-11,14H,5-8H2,1-4H3;/q-1;;/b;12-9-;. The van der Waals surface area contributed by atoms with Gasteiger partial charge in [0.15, 0.2) is 11.4 Å². The van der Waals surface area contributed by atoms with Crippen molar-refractivity contribution in [2.24, 2.45) is 17.8 Å². The Morgan fingerprint density at radius 2 is 1.64 bits per heavy atom. The van der Waals surface area contributed by atoms with Gasteiger partial charge in [-0.05, 0) is 72.8 Å². The number of fused-ring (bicyclic) bond motifs is 2. The number of benzene rings is 2. The van der Waals surface area contributed by atoms with Crippen LogP contribution in [0, 0.1) is 30.9 Å². The third kappa shape index (κ3) is 9.53. The number of hydrogen-bond donors (Lipinski definition) is 1. The zero-order chi connectivity index (χ0) is 35.9. The number of carbonyl (C=O) groups is 1. The van der Waals surface area contributed by atoms with E-state index in [-0.39, 0.29) is 48.9 Å². The van der Waals surface area contributed by atoms with Crippen LogP contribution in [-0.4, -0.2) is 15.9 Å². The molecule has 0 bridgehead atoms. The van der Waals surface area contributed by atoms with E-state index in [0.29, 0.717) is 5.92 Å². The van der Waals surface area contributed by atoms with Crippen LogP contribution in [0.15, 0.2) is 83.4 Å². The van der Waals surface area contributed by atoms with E-state index in [1.807, 2.05) is 50.9 Å². The van der Waals surface area contributed by atoms with Gasteiger partial charge in [-0.25, -0.2) is 0 Å². The summed E-state index contributed by atoms with van der Waals surface area (Å²) >= 11 is 0. The molecule has 5 nitrogen and oxygen atoms in total. The van der Waals surface area contributed by atoms with Crippen LogP contribution < -0.4 is 4.57 Å². The molecule has 5 aromatic rings. The molecule has 0 saturated heterocycles. The van der Waals surface area contributed by atoms with Gasteiger partial charge < -0.3 is 14.1 Å². The Kier molecular flexibility index (Phi) is 14.6. The fourth-order valence-electron chi connectivity index (χ4n) is 6.49. The molecule has 0 unspecified atom stereocenters. The molecule has 0 aliphatic heterocycles. The summed E-state index contributed by atoms with van der Waals surface area (Å²) in [4.78, 5) is 16.4. The quantitative estimate of drug-likeness (QED) is 0.0622. The number of allylic oxidation sites excluding steroid dienone is 2. The summed E-state index contributed by atoms with van der Waals surface area (Å²) in [5.74, 6) is 1.11. The van der Waals surface area contributed by atoms with Gasteiger partial charge in [-0.3, -0.25) is 9.78 Å². The van der Waals surface area contributed by atoms with E-state index in [9.17, 15) is 9.90 Å². The minimum Gasteiger partial charge on any atom is -0.512 e. The number of rotatable bonds is 11. The molecule has 0 aliphatic rings. The Balaban J connectivity index is 0.000000361. The van der Waals surface area contributed by atoms with E-state index < -0.39 is 0 Å². The number of carbonyl (C=O) groups excluding carboxylic acids is 1. The molecular weight excluding hydrogens is 797 g/mol. The van der Waals surface area contributed by atoms with E-state index in [1.165, 1.54) is 22.6 Å². The van der Waals surface area contributed by atoms with Crippen molar-refractivity contribution in [1.29, 1.82) is 0 Å². The van der Waals surface area contributed by atoms with Gasteiger partial charge in [0, 0.05) is 56.6 Å². The molecule has 6 heteroatoms. The largest absolute Gasteiger partial charge is 0.512 e. The normalized spacial score (nSPS) is 12.0. The van der Waals surface area contributed by atoms with Crippen LogP contribution in [-0.2, 0) is 36.7 Å². The summed E-state index contributed by atoms with van der Waals surface area (Å²) in [6, 6.07) is 20.6. The summed E-state index contributed by atoms with van der Waals surface area (Å²) in [6.45, 7) is 19.3. The van der Waals surface area contributed by atoms with Crippen LogP contribution in [0.5, 0.6) is 0 Å². The van der Waals surface area contributed by atoms with Crippen LogP contribution in [0.2, 0.25) is 0 Å². The summed E-state index contributed by atoms with van der Waals surface area (Å²) < 4.78 is 7.95. The van der Waals surface area contributed by atoms with Crippen LogP contribution >= 0.6 is 0 Å². The number of aliphatic hydroxyl groups excluding tert-OH is 1. The SMILES string of the molecule is CCC(CC)C(=O)/C=C(\O)C(CC)CC.[CH2-][n+]1ccc(-c2nccc3c(CC(C)C)coc23)cc1-c1[c-]c2ccccc2c(C(C)(C)C)c1.[Ir]. The van der Waals surface area contributed by atoms with Crippen molar-refractivity contribution < 1.29 is 39.0 Å². The topological polar surface area (TPSA) is 67.2 Å². The third-order valence-electron chi connectivity index (χ3n) is 9.45. The van der Waals surface area contributed by atoms with E-state index in [2.05, 4.69) is 96.3 Å². The summed E-state index contributed by atoms with van der Waals surface area (Å²) in [5, 5.41) is 13.2. The molecule has 0 aliphatic carbocycles. The van der Waals surface area contributed by atoms with E-state index in [0.717, 1.165) is 71.0 Å². The number of aliphatic hydroxyl groups is 1. The molecule has 3 aromatic heterocycles. The van der Waals surface area contributed by atoms with Crippen LogP contribution in [0.3, 0.4) is 0 Å². The molecule has 2 aromatic carbocycles. The number of hydrogen-bond acceptors (Lipinski definition) is 4. The fourth-order valence-corrected chi connectivity index (χ4v) is 6.49. The monoisotopic (exact) mass is 852 g/mol. The second-order valence-corrected chi connectivity index (χ2v) is 14.6. The van der Waals surface area contributed by atoms with E-state index >= 15 is 0 Å². The first-order chi connectivity index (χ1) is 23.3. The first-order valence-corrected chi connectivity index (χ1v) is 17.9. The maximum absolute atomic E-state index is 11.7. The molecule has 0 atom stereocenters. The third-order valence-corrected chi connectivity index (χ3v) is 9.45. The van der Waals surface area contributed by atoms with Gasteiger partial charge in [-0.2, -0.15) is 0 Å². The van der Waals surface area contributed by atoms with Gasteiger partial charge in [0.05, 0.1) is 18.2 Å². The Bertz CT molecular complexity index is 1910. The van der Waals surface area contributed by atoms with Gasteiger partial charge in [0.25, 0.3) is 0 Å². The number of furan rings is 1. The van der Waals surface area contributed by atoms with Gasteiger partial charge in [-0.1, -0.05) is 91.5 Å². The molecule has 269 valence electrons. The van der Waals surface area contributed by atoms with Crippen LogP contribution in [0.4, 0.5) is 0 Å². The van der Waals surface area contributed by atoms with Crippen molar-refractivity contribution in [2.75, 3.05) is 0 Å². The van der Waals surface area contributed by atoms with Crippen LogP contribution in [0.25, 0.3) is 44.3 Å². The fraction of sp³-hybridized carbons (Fsp3) is 0.409. The zero-order valence-corrected chi connectivity index (χ0v) is 33.8. The Morgan fingerprint density at radius 3 is 2.26 bits per heavy atom. The number of pyridine rings is 2. The van der Waals surface area contributed by atoms with Crippen LogP contribution in [0.1, 0.15) is 99.1 Å². The number of aromatic nitrogens is 2. The maximum atomic E-state index is 11.7. The minimum atomic E-state index is 0. The molecule has 50 heavy (non-hydrogen) atoms. The minimum absolute atomic E-state index is 0. The van der Waals surface area contributed by atoms with Gasteiger partial charge in [-0.15, -0.1) is 29.1 Å².